The lowest BCUT2D eigenvalue weighted by Gasteiger charge is -2.06. The molecule has 7 heteroatoms. The Hall–Kier alpha value is -3.03. The first kappa shape index (κ1) is 21.3. The van der Waals surface area contributed by atoms with Crippen molar-refractivity contribution < 1.29 is 32.5 Å². The third-order valence-corrected chi connectivity index (χ3v) is 3.46. The van der Waals surface area contributed by atoms with Gasteiger partial charge < -0.3 is 18.9 Å². The van der Waals surface area contributed by atoms with Crippen LogP contribution >= 0.6 is 0 Å². The van der Waals surface area contributed by atoms with Crippen molar-refractivity contribution in [1.82, 2.24) is 0 Å². The number of hydrogen-bond acceptors (Lipinski definition) is 5. The molecule has 0 N–H and O–H groups in total. The van der Waals surface area contributed by atoms with Crippen LogP contribution in [0.3, 0.4) is 0 Å². The summed E-state index contributed by atoms with van der Waals surface area (Å²) in [5.74, 6) is -1.34. The van der Waals surface area contributed by atoms with Crippen LogP contribution in [-0.4, -0.2) is 33.6 Å². The predicted octanol–water partition coefficient (Wildman–Crippen LogP) is 4.23. The molecule has 0 bridgehead atoms. The van der Waals surface area contributed by atoms with Crippen molar-refractivity contribution >= 4 is 17.9 Å². The average Bonchev–Trinajstić information content (AvgIpc) is 2.69. The number of ether oxygens (including phenoxy) is 4. The molecule has 28 heavy (non-hydrogen) atoms. The molecule has 0 atom stereocenters. The molecule has 2 rings (SSSR count). The molecule has 0 saturated carbocycles. The summed E-state index contributed by atoms with van der Waals surface area (Å²) in [6, 6.07) is 8.60. The lowest BCUT2D eigenvalue weighted by molar-refractivity contribution is -0.110. The highest BCUT2D eigenvalue weighted by molar-refractivity contribution is 6.04. The maximum absolute atomic E-state index is 13.8. The van der Waals surface area contributed by atoms with Crippen molar-refractivity contribution in [3.63, 3.8) is 0 Å². The number of methoxy groups -OCH3 is 2. The van der Waals surface area contributed by atoms with Gasteiger partial charge in [-0.25, -0.2) is 8.78 Å². The minimum absolute atomic E-state index is 0.0601. The summed E-state index contributed by atoms with van der Waals surface area (Å²) in [6.45, 7) is -0.120. The Kier molecular flexibility index (Phi) is 8.33. The van der Waals surface area contributed by atoms with Crippen molar-refractivity contribution in [2.24, 2.45) is 0 Å². The van der Waals surface area contributed by atoms with Gasteiger partial charge in [-0.3, -0.25) is 4.79 Å². The molecule has 0 aliphatic rings. The number of halogens is 2. The average molecular weight is 390 g/mol. The van der Waals surface area contributed by atoms with Gasteiger partial charge in [0.2, 0.25) is 0 Å². The Morgan fingerprint density at radius 2 is 1.25 bits per heavy atom. The molecule has 0 spiro atoms. The van der Waals surface area contributed by atoms with E-state index in [-0.39, 0.29) is 30.9 Å². The van der Waals surface area contributed by atoms with Crippen molar-refractivity contribution in [2.75, 3.05) is 27.8 Å². The number of allylic oxidation sites excluding steroid dienone is 2. The molecule has 0 heterocycles. The van der Waals surface area contributed by atoms with E-state index in [1.54, 1.807) is 12.1 Å². The Morgan fingerprint density at radius 3 is 1.61 bits per heavy atom. The monoisotopic (exact) mass is 390 g/mol. The molecule has 0 aromatic heterocycles. The smallest absolute Gasteiger partial charge is 0.188 e. The van der Waals surface area contributed by atoms with Gasteiger partial charge in [-0.2, -0.15) is 0 Å². The van der Waals surface area contributed by atoms with Gasteiger partial charge in [0.05, 0.1) is 0 Å². The van der Waals surface area contributed by atoms with E-state index in [4.69, 9.17) is 18.9 Å². The van der Waals surface area contributed by atoms with Crippen LogP contribution in [0.2, 0.25) is 0 Å². The summed E-state index contributed by atoms with van der Waals surface area (Å²) in [5.41, 5.74) is 0.990. The summed E-state index contributed by atoms with van der Waals surface area (Å²) < 4.78 is 47.2. The maximum Gasteiger partial charge on any atom is 0.188 e. The Morgan fingerprint density at radius 1 is 0.821 bits per heavy atom. The van der Waals surface area contributed by atoms with Crippen LogP contribution in [0.15, 0.2) is 48.6 Å². The summed E-state index contributed by atoms with van der Waals surface area (Å²) in [4.78, 5) is 11.9. The summed E-state index contributed by atoms with van der Waals surface area (Å²) in [6.07, 6.45) is 5.51. The van der Waals surface area contributed by atoms with E-state index in [2.05, 4.69) is 0 Å². The quantitative estimate of drug-likeness (QED) is 0.449. The molecule has 0 aliphatic carbocycles. The molecule has 2 aromatic rings. The van der Waals surface area contributed by atoms with E-state index >= 15 is 0 Å². The number of ketones is 1. The number of benzene rings is 2. The molecule has 0 saturated heterocycles. The molecule has 0 aliphatic heterocycles. The number of hydrogen-bond donors (Lipinski definition) is 0. The first-order valence-electron chi connectivity index (χ1n) is 8.26. The lowest BCUT2D eigenvalue weighted by Crippen LogP contribution is -2.00. The highest BCUT2D eigenvalue weighted by Gasteiger charge is 2.05. The highest BCUT2D eigenvalue weighted by Crippen LogP contribution is 2.20. The van der Waals surface area contributed by atoms with Gasteiger partial charge in [0.25, 0.3) is 0 Å². The van der Waals surface area contributed by atoms with Gasteiger partial charge in [-0.05, 0) is 47.5 Å². The third-order valence-electron chi connectivity index (χ3n) is 3.46. The SMILES string of the molecule is COCOc1ccc(/C=C/C(=O)/C=C/c2ccc(OCOC)c(F)c2)cc1F. The minimum atomic E-state index is -0.562. The zero-order chi connectivity index (χ0) is 20.4. The van der Waals surface area contributed by atoms with Gasteiger partial charge in [-0.15, -0.1) is 0 Å². The summed E-state index contributed by atoms with van der Waals surface area (Å²) in [7, 11) is 2.87. The largest absolute Gasteiger partial charge is 0.464 e. The van der Waals surface area contributed by atoms with Gasteiger partial charge in [0.1, 0.15) is 0 Å². The van der Waals surface area contributed by atoms with Crippen LogP contribution in [0.5, 0.6) is 11.5 Å². The van der Waals surface area contributed by atoms with E-state index in [9.17, 15) is 13.6 Å². The molecule has 0 amide bonds. The van der Waals surface area contributed by atoms with Gasteiger partial charge in [0, 0.05) is 14.2 Å². The fourth-order valence-corrected chi connectivity index (χ4v) is 2.13. The second kappa shape index (κ2) is 11.0. The fraction of sp³-hybridized carbons (Fsp3) is 0.190. The van der Waals surface area contributed by atoms with E-state index in [0.717, 1.165) is 0 Å². The zero-order valence-corrected chi connectivity index (χ0v) is 15.5. The Balaban J connectivity index is 1.97. The molecule has 148 valence electrons. The first-order valence-corrected chi connectivity index (χ1v) is 8.26. The van der Waals surface area contributed by atoms with Gasteiger partial charge in [0.15, 0.2) is 42.5 Å². The standard InChI is InChI=1S/C21H20F2O5/c1-25-13-27-20-9-5-15(11-18(20)22)3-7-17(24)8-4-16-6-10-21(19(23)12-16)28-14-26-2/h3-12H,13-14H2,1-2H3/b7-3+,8-4+. The maximum atomic E-state index is 13.8. The third kappa shape index (κ3) is 6.61. The topological polar surface area (TPSA) is 54.0 Å². The zero-order valence-electron chi connectivity index (χ0n) is 15.5. The molecule has 0 fully saturated rings. The molecule has 0 unspecified atom stereocenters. The van der Waals surface area contributed by atoms with Crippen LogP contribution in [0.4, 0.5) is 8.78 Å². The molecular weight excluding hydrogens is 370 g/mol. The van der Waals surface area contributed by atoms with E-state index in [0.29, 0.717) is 11.1 Å². The van der Waals surface area contributed by atoms with Crippen LogP contribution in [-0.2, 0) is 14.3 Å². The normalized spacial score (nSPS) is 11.3. The molecule has 0 radical (unpaired) electrons. The number of rotatable bonds is 10. The second-order valence-corrected chi connectivity index (χ2v) is 5.55. The van der Waals surface area contributed by atoms with Crippen LogP contribution in [0.25, 0.3) is 12.2 Å². The van der Waals surface area contributed by atoms with Crippen molar-refractivity contribution in [1.29, 1.82) is 0 Å². The van der Waals surface area contributed by atoms with E-state index in [1.165, 1.54) is 62.8 Å². The van der Waals surface area contributed by atoms with Crippen LogP contribution < -0.4 is 9.47 Å². The first-order chi connectivity index (χ1) is 13.5. The molecule has 5 nitrogen and oxygen atoms in total. The van der Waals surface area contributed by atoms with Gasteiger partial charge in [-0.1, -0.05) is 24.3 Å². The van der Waals surface area contributed by atoms with E-state index in [1.807, 2.05) is 0 Å². The van der Waals surface area contributed by atoms with Crippen LogP contribution in [0.1, 0.15) is 11.1 Å². The number of carbonyl (C=O) groups is 1. The Labute approximate surface area is 161 Å². The molecule has 2 aromatic carbocycles. The molecular formula is C21H20F2O5. The predicted molar refractivity (Wildman–Crippen MR) is 101 cm³/mol. The fourth-order valence-electron chi connectivity index (χ4n) is 2.13. The van der Waals surface area contributed by atoms with E-state index < -0.39 is 11.6 Å². The second-order valence-electron chi connectivity index (χ2n) is 5.55. The highest BCUT2D eigenvalue weighted by atomic mass is 19.1. The Bertz CT molecular complexity index is 792. The van der Waals surface area contributed by atoms with Crippen molar-refractivity contribution in [3.8, 4) is 11.5 Å². The summed E-state index contributed by atoms with van der Waals surface area (Å²) in [5, 5.41) is 0. The summed E-state index contributed by atoms with van der Waals surface area (Å²) >= 11 is 0. The number of carbonyl (C=O) groups excluding carboxylic acids is 1. The van der Waals surface area contributed by atoms with Crippen LogP contribution in [0, 0.1) is 11.6 Å². The van der Waals surface area contributed by atoms with Crippen molar-refractivity contribution in [3.05, 3.63) is 71.3 Å². The lowest BCUT2D eigenvalue weighted by atomic mass is 10.1. The van der Waals surface area contributed by atoms with Gasteiger partial charge >= 0.3 is 0 Å². The van der Waals surface area contributed by atoms with Crippen molar-refractivity contribution in [2.45, 2.75) is 0 Å². The minimum Gasteiger partial charge on any atom is -0.464 e.